The average Bonchev–Trinajstić information content (AvgIpc) is 3.38. The van der Waals surface area contributed by atoms with Crippen molar-refractivity contribution >= 4 is 27.3 Å². The van der Waals surface area contributed by atoms with Gasteiger partial charge in [-0.15, -0.1) is 11.3 Å². The molecule has 0 aromatic carbocycles. The number of carbonyl (C=O) groups excluding carboxylic acids is 1. The van der Waals surface area contributed by atoms with Gasteiger partial charge in [0.05, 0.1) is 17.8 Å². The monoisotopic (exact) mass is 451 g/mol. The lowest BCUT2D eigenvalue weighted by Gasteiger charge is -2.38. The van der Waals surface area contributed by atoms with Crippen LogP contribution in [0.2, 0.25) is 0 Å². The molecule has 0 saturated carbocycles. The van der Waals surface area contributed by atoms with Crippen molar-refractivity contribution in [3.63, 3.8) is 0 Å². The van der Waals surface area contributed by atoms with Crippen molar-refractivity contribution in [1.29, 1.82) is 0 Å². The molecule has 2 fully saturated rings. The van der Waals surface area contributed by atoms with Crippen molar-refractivity contribution in [1.82, 2.24) is 23.9 Å². The average molecular weight is 452 g/mol. The van der Waals surface area contributed by atoms with Crippen LogP contribution in [0.4, 0.5) is 0 Å². The minimum Gasteiger partial charge on any atom is -0.340 e. The molecule has 1 unspecified atom stereocenters. The SMILES string of the molecule is Cc1c(S(=O)(=O)N2CCCC(C(=O)N3CCN(Cc4cccs4)CC3)C2)cnn1C. The smallest absolute Gasteiger partial charge is 0.246 e. The van der Waals surface area contributed by atoms with E-state index >= 15 is 0 Å². The summed E-state index contributed by atoms with van der Waals surface area (Å²) in [5.74, 6) is -0.178. The first-order chi connectivity index (χ1) is 14.4. The summed E-state index contributed by atoms with van der Waals surface area (Å²) < 4.78 is 29.2. The number of aromatic nitrogens is 2. The number of thiophene rings is 1. The fourth-order valence-corrected chi connectivity index (χ4v) is 6.70. The number of piperidine rings is 1. The van der Waals surface area contributed by atoms with Gasteiger partial charge in [0.25, 0.3) is 0 Å². The summed E-state index contributed by atoms with van der Waals surface area (Å²) in [7, 11) is -1.90. The van der Waals surface area contributed by atoms with Gasteiger partial charge < -0.3 is 4.90 Å². The Balaban J connectivity index is 1.36. The van der Waals surface area contributed by atoms with E-state index in [1.807, 2.05) is 4.90 Å². The lowest BCUT2D eigenvalue weighted by Crippen LogP contribution is -2.52. The third-order valence-corrected chi connectivity index (χ3v) is 9.01. The molecule has 2 aromatic heterocycles. The minimum absolute atomic E-state index is 0.0913. The number of hydrogen-bond donors (Lipinski definition) is 0. The Morgan fingerprint density at radius 1 is 1.23 bits per heavy atom. The predicted molar refractivity (Wildman–Crippen MR) is 116 cm³/mol. The minimum atomic E-state index is -3.63. The molecule has 2 aliphatic rings. The van der Waals surface area contributed by atoms with Crippen molar-refractivity contribution in [3.8, 4) is 0 Å². The standard InChI is InChI=1S/C20H29N5O3S2/c1-16-19(13-21-22(16)2)30(27,28)25-7-3-5-17(14-25)20(26)24-10-8-23(9-11-24)15-18-6-4-12-29-18/h4,6,12-13,17H,3,5,7-11,14-15H2,1-2H3. The van der Waals surface area contributed by atoms with Gasteiger partial charge in [0.1, 0.15) is 4.90 Å². The molecule has 2 aliphatic heterocycles. The number of carbonyl (C=O) groups is 1. The van der Waals surface area contributed by atoms with E-state index in [0.29, 0.717) is 31.7 Å². The Kier molecular flexibility index (Phi) is 6.29. The third kappa shape index (κ3) is 4.32. The van der Waals surface area contributed by atoms with E-state index in [9.17, 15) is 13.2 Å². The van der Waals surface area contributed by atoms with Crippen molar-refractivity contribution in [2.24, 2.45) is 13.0 Å². The van der Waals surface area contributed by atoms with E-state index in [1.54, 1.807) is 30.0 Å². The number of piperazine rings is 1. The van der Waals surface area contributed by atoms with Gasteiger partial charge in [-0.25, -0.2) is 8.42 Å². The topological polar surface area (TPSA) is 78.8 Å². The first-order valence-electron chi connectivity index (χ1n) is 10.4. The zero-order chi connectivity index (χ0) is 21.3. The van der Waals surface area contributed by atoms with Gasteiger partial charge >= 0.3 is 0 Å². The molecular formula is C20H29N5O3S2. The maximum absolute atomic E-state index is 13.1. The van der Waals surface area contributed by atoms with Gasteiger partial charge in [0, 0.05) is 57.7 Å². The Morgan fingerprint density at radius 3 is 2.63 bits per heavy atom. The number of amides is 1. The van der Waals surface area contributed by atoms with Crippen molar-refractivity contribution in [2.75, 3.05) is 39.3 Å². The number of rotatable bonds is 5. The van der Waals surface area contributed by atoms with Crippen LogP contribution >= 0.6 is 11.3 Å². The zero-order valence-electron chi connectivity index (χ0n) is 17.5. The second kappa shape index (κ2) is 8.78. The zero-order valence-corrected chi connectivity index (χ0v) is 19.2. The molecule has 4 heterocycles. The molecule has 4 rings (SSSR count). The quantitative estimate of drug-likeness (QED) is 0.689. The summed E-state index contributed by atoms with van der Waals surface area (Å²) in [6.45, 7) is 6.51. The number of nitrogens with zero attached hydrogens (tertiary/aromatic N) is 5. The molecule has 0 radical (unpaired) electrons. The van der Waals surface area contributed by atoms with E-state index in [4.69, 9.17) is 0 Å². The molecule has 164 valence electrons. The Hall–Kier alpha value is -1.75. The second-order valence-electron chi connectivity index (χ2n) is 8.10. The molecule has 8 nitrogen and oxygen atoms in total. The predicted octanol–water partition coefficient (Wildman–Crippen LogP) is 1.54. The van der Waals surface area contributed by atoms with Crippen molar-refractivity contribution in [2.45, 2.75) is 31.2 Å². The highest BCUT2D eigenvalue weighted by Gasteiger charge is 2.37. The molecule has 10 heteroatoms. The Bertz CT molecular complexity index is 978. The van der Waals surface area contributed by atoms with E-state index in [0.717, 1.165) is 26.1 Å². The normalized spacial score (nSPS) is 21.8. The highest BCUT2D eigenvalue weighted by Crippen LogP contribution is 2.27. The molecule has 1 amide bonds. The van der Waals surface area contributed by atoms with Crippen LogP contribution in [0.3, 0.4) is 0 Å². The highest BCUT2D eigenvalue weighted by molar-refractivity contribution is 7.89. The molecule has 0 N–H and O–H groups in total. The third-order valence-electron chi connectivity index (χ3n) is 6.18. The number of sulfonamides is 1. The molecule has 2 saturated heterocycles. The van der Waals surface area contributed by atoms with E-state index in [2.05, 4.69) is 27.5 Å². The van der Waals surface area contributed by atoms with Crippen LogP contribution < -0.4 is 0 Å². The maximum Gasteiger partial charge on any atom is 0.246 e. The van der Waals surface area contributed by atoms with Crippen molar-refractivity contribution in [3.05, 3.63) is 34.3 Å². The fraction of sp³-hybridized carbons (Fsp3) is 0.600. The number of hydrogen-bond acceptors (Lipinski definition) is 6. The molecule has 0 aliphatic carbocycles. The van der Waals surface area contributed by atoms with Gasteiger partial charge in [-0.3, -0.25) is 14.4 Å². The lowest BCUT2D eigenvalue weighted by molar-refractivity contribution is -0.138. The summed E-state index contributed by atoms with van der Waals surface area (Å²) in [4.78, 5) is 19.0. The Labute approximate surface area is 182 Å². The highest BCUT2D eigenvalue weighted by atomic mass is 32.2. The summed E-state index contributed by atoms with van der Waals surface area (Å²) in [5, 5.41) is 6.16. The molecule has 1 atom stereocenters. The Morgan fingerprint density at radius 2 is 2.00 bits per heavy atom. The van der Waals surface area contributed by atoms with Gasteiger partial charge in [0.15, 0.2) is 0 Å². The van der Waals surface area contributed by atoms with Crippen LogP contribution in [0.15, 0.2) is 28.6 Å². The molecule has 2 aromatic rings. The second-order valence-corrected chi connectivity index (χ2v) is 11.0. The molecule has 0 spiro atoms. The van der Waals surface area contributed by atoms with Crippen LogP contribution in [0.1, 0.15) is 23.4 Å². The van der Waals surface area contributed by atoms with Crippen molar-refractivity contribution < 1.29 is 13.2 Å². The van der Waals surface area contributed by atoms with E-state index in [-0.39, 0.29) is 23.3 Å². The first-order valence-corrected chi connectivity index (χ1v) is 12.7. The van der Waals surface area contributed by atoms with Gasteiger partial charge in [-0.05, 0) is 31.2 Å². The summed E-state index contributed by atoms with van der Waals surface area (Å²) in [6.07, 6.45) is 2.85. The van der Waals surface area contributed by atoms with E-state index < -0.39 is 10.0 Å². The molecule has 0 bridgehead atoms. The fourth-order valence-electron chi connectivity index (χ4n) is 4.24. The lowest BCUT2D eigenvalue weighted by atomic mass is 9.98. The largest absolute Gasteiger partial charge is 0.340 e. The molecular weight excluding hydrogens is 422 g/mol. The first kappa shape index (κ1) is 21.5. The van der Waals surface area contributed by atoms with Crippen LogP contribution in [0.5, 0.6) is 0 Å². The van der Waals surface area contributed by atoms with Crippen LogP contribution in [0, 0.1) is 12.8 Å². The van der Waals surface area contributed by atoms with Crippen LogP contribution in [0.25, 0.3) is 0 Å². The van der Waals surface area contributed by atoms with Gasteiger partial charge in [-0.2, -0.15) is 9.40 Å². The number of aryl methyl sites for hydroxylation is 1. The molecule has 30 heavy (non-hydrogen) atoms. The summed E-state index contributed by atoms with van der Waals surface area (Å²) in [6, 6.07) is 4.21. The van der Waals surface area contributed by atoms with Gasteiger partial charge in [-0.1, -0.05) is 6.07 Å². The van der Waals surface area contributed by atoms with Crippen LogP contribution in [-0.2, 0) is 28.4 Å². The summed E-state index contributed by atoms with van der Waals surface area (Å²) >= 11 is 1.76. The van der Waals surface area contributed by atoms with Gasteiger partial charge in [0.2, 0.25) is 15.9 Å². The maximum atomic E-state index is 13.1. The van der Waals surface area contributed by atoms with E-state index in [1.165, 1.54) is 15.4 Å². The van der Waals surface area contributed by atoms with Crippen LogP contribution in [-0.4, -0.2) is 77.5 Å². The summed E-state index contributed by atoms with van der Waals surface area (Å²) in [5.41, 5.74) is 0.616.